The highest BCUT2D eigenvalue weighted by Gasteiger charge is 2.38. The van der Waals surface area contributed by atoms with E-state index in [1.54, 1.807) is 6.92 Å². The predicted octanol–water partition coefficient (Wildman–Crippen LogP) is 6.08. The molecule has 0 fully saturated rings. The van der Waals surface area contributed by atoms with Crippen LogP contribution in [0.5, 0.6) is 0 Å². The van der Waals surface area contributed by atoms with Gasteiger partial charge < -0.3 is 4.57 Å². The number of rotatable bonds is 2. The Morgan fingerprint density at radius 3 is 2.05 bits per heavy atom. The maximum Gasteiger partial charge on any atom is 0.449 e. The van der Waals surface area contributed by atoms with Crippen LogP contribution in [0.15, 0.2) is 0 Å². The molecule has 0 aliphatic rings. The van der Waals surface area contributed by atoms with Crippen molar-refractivity contribution in [3.05, 3.63) is 25.9 Å². The third-order valence-electron chi connectivity index (χ3n) is 2.66. The van der Waals surface area contributed by atoms with Gasteiger partial charge in [0, 0.05) is 6.54 Å². The molecule has 2 rings (SSSR count). The van der Waals surface area contributed by atoms with Gasteiger partial charge in [0.1, 0.15) is 5.52 Å². The first-order valence-corrected chi connectivity index (χ1v) is 7.00. The lowest BCUT2D eigenvalue weighted by molar-refractivity contribution is -0.146. The molecule has 0 unspecified atom stereocenters. The summed E-state index contributed by atoms with van der Waals surface area (Å²) >= 11 is 23.6. The third-order valence-corrected chi connectivity index (χ3v) is 4.44. The molecule has 9 heteroatoms. The molecule has 0 bridgehead atoms. The van der Waals surface area contributed by atoms with Crippen molar-refractivity contribution in [2.75, 3.05) is 0 Å². The number of nitrogens with zero attached hydrogens (tertiary/aromatic N) is 2. The molecular weight excluding hydrogens is 359 g/mol. The summed E-state index contributed by atoms with van der Waals surface area (Å²) in [4.78, 5) is 3.54. The van der Waals surface area contributed by atoms with E-state index in [-0.39, 0.29) is 37.7 Å². The molecule has 1 aromatic carbocycles. The zero-order chi connectivity index (χ0) is 15.2. The molecule has 20 heavy (non-hydrogen) atoms. The Labute approximate surface area is 132 Å². The van der Waals surface area contributed by atoms with Crippen molar-refractivity contribution in [2.24, 2.45) is 0 Å². The molecule has 0 aliphatic carbocycles. The van der Waals surface area contributed by atoms with Crippen LogP contribution in [-0.4, -0.2) is 9.55 Å². The Kier molecular flexibility index (Phi) is 4.36. The molecule has 110 valence electrons. The van der Waals surface area contributed by atoms with Gasteiger partial charge in [0.05, 0.1) is 25.6 Å². The Hall–Kier alpha value is -0.360. The topological polar surface area (TPSA) is 17.8 Å². The van der Waals surface area contributed by atoms with Crippen molar-refractivity contribution in [1.82, 2.24) is 9.55 Å². The van der Waals surface area contributed by atoms with Gasteiger partial charge in [-0.2, -0.15) is 13.2 Å². The van der Waals surface area contributed by atoms with Crippen LogP contribution in [0.2, 0.25) is 20.1 Å². The van der Waals surface area contributed by atoms with Crippen LogP contribution < -0.4 is 0 Å². The summed E-state index contributed by atoms with van der Waals surface area (Å²) < 4.78 is 40.1. The van der Waals surface area contributed by atoms with E-state index >= 15 is 0 Å². The van der Waals surface area contributed by atoms with Gasteiger partial charge in [0.2, 0.25) is 5.82 Å². The summed E-state index contributed by atoms with van der Waals surface area (Å²) in [5.74, 6) is -1.07. The zero-order valence-electron chi connectivity index (χ0n) is 9.95. The normalized spacial score (nSPS) is 12.4. The lowest BCUT2D eigenvalue weighted by atomic mass is 10.3. The van der Waals surface area contributed by atoms with Crippen molar-refractivity contribution in [2.45, 2.75) is 26.1 Å². The Morgan fingerprint density at radius 1 is 1.00 bits per heavy atom. The van der Waals surface area contributed by atoms with Crippen LogP contribution in [-0.2, 0) is 12.7 Å². The SMILES string of the molecule is CCCn1c(C(F)(F)F)nc2c(Cl)c(Cl)c(Cl)c(Cl)c21. The molecule has 2 nitrogen and oxygen atoms in total. The van der Waals surface area contributed by atoms with Crippen molar-refractivity contribution >= 4 is 57.4 Å². The van der Waals surface area contributed by atoms with Crippen LogP contribution in [0.3, 0.4) is 0 Å². The second-order valence-electron chi connectivity index (χ2n) is 4.04. The Bertz CT molecular complexity index is 679. The number of halogens is 7. The molecule has 0 spiro atoms. The van der Waals surface area contributed by atoms with E-state index < -0.39 is 12.0 Å². The monoisotopic (exact) mass is 364 g/mol. The predicted molar refractivity (Wildman–Crippen MR) is 75.1 cm³/mol. The highest BCUT2D eigenvalue weighted by molar-refractivity contribution is 6.55. The molecule has 0 amide bonds. The minimum atomic E-state index is -4.63. The molecule has 0 saturated carbocycles. The molecule has 1 heterocycles. The van der Waals surface area contributed by atoms with Crippen LogP contribution >= 0.6 is 46.4 Å². The minimum absolute atomic E-state index is 0.0419. The lowest BCUT2D eigenvalue weighted by Crippen LogP contribution is -2.15. The number of aromatic nitrogens is 2. The van der Waals surface area contributed by atoms with Gasteiger partial charge in [0.25, 0.3) is 0 Å². The Balaban J connectivity index is 2.96. The summed E-state index contributed by atoms with van der Waals surface area (Å²) in [6.07, 6.45) is -4.16. The van der Waals surface area contributed by atoms with Crippen LogP contribution in [0.4, 0.5) is 13.2 Å². The fourth-order valence-electron chi connectivity index (χ4n) is 1.89. The largest absolute Gasteiger partial charge is 0.449 e. The average molecular weight is 366 g/mol. The van der Waals surface area contributed by atoms with E-state index in [1.807, 2.05) is 0 Å². The number of alkyl halides is 3. The summed E-state index contributed by atoms with van der Waals surface area (Å²) in [5.41, 5.74) is -0.0629. The molecule has 0 radical (unpaired) electrons. The number of benzene rings is 1. The van der Waals surface area contributed by atoms with Crippen LogP contribution in [0, 0.1) is 0 Å². The van der Waals surface area contributed by atoms with Gasteiger partial charge >= 0.3 is 6.18 Å². The summed E-state index contributed by atoms with van der Waals surface area (Å²) in [5, 5.41) is -0.429. The molecule has 1 aromatic heterocycles. The van der Waals surface area contributed by atoms with Gasteiger partial charge in [0.15, 0.2) is 0 Å². The molecule has 0 saturated heterocycles. The number of fused-ring (bicyclic) bond motifs is 1. The van der Waals surface area contributed by atoms with Crippen molar-refractivity contribution in [3.8, 4) is 0 Å². The highest BCUT2D eigenvalue weighted by atomic mass is 35.5. The van der Waals surface area contributed by atoms with E-state index in [2.05, 4.69) is 4.98 Å². The summed E-state index contributed by atoms with van der Waals surface area (Å²) in [6, 6.07) is 0. The first kappa shape index (κ1) is 16.0. The third kappa shape index (κ3) is 2.45. The first-order valence-electron chi connectivity index (χ1n) is 5.49. The van der Waals surface area contributed by atoms with Gasteiger partial charge in [-0.1, -0.05) is 53.3 Å². The second kappa shape index (κ2) is 5.44. The minimum Gasteiger partial charge on any atom is -0.319 e. The average Bonchev–Trinajstić information content (AvgIpc) is 2.74. The fourth-order valence-corrected chi connectivity index (χ4v) is 2.86. The maximum atomic E-state index is 13.0. The van der Waals surface area contributed by atoms with Crippen molar-refractivity contribution < 1.29 is 13.2 Å². The van der Waals surface area contributed by atoms with Crippen LogP contribution in [0.1, 0.15) is 19.2 Å². The van der Waals surface area contributed by atoms with E-state index in [4.69, 9.17) is 46.4 Å². The summed E-state index contributed by atoms with van der Waals surface area (Å²) in [7, 11) is 0. The van der Waals surface area contributed by atoms with Gasteiger partial charge in [-0.05, 0) is 6.42 Å². The maximum absolute atomic E-state index is 13.0. The van der Waals surface area contributed by atoms with Gasteiger partial charge in [-0.15, -0.1) is 0 Å². The zero-order valence-corrected chi connectivity index (χ0v) is 13.0. The number of hydrogen-bond acceptors (Lipinski definition) is 1. The van der Waals surface area contributed by atoms with E-state index in [9.17, 15) is 13.2 Å². The number of imidazole rings is 1. The summed E-state index contributed by atoms with van der Waals surface area (Å²) in [6.45, 7) is 1.82. The van der Waals surface area contributed by atoms with E-state index in [0.717, 1.165) is 4.57 Å². The van der Waals surface area contributed by atoms with Gasteiger partial charge in [-0.25, -0.2) is 4.98 Å². The Morgan fingerprint density at radius 2 is 1.55 bits per heavy atom. The number of aryl methyl sites for hydroxylation is 1. The smallest absolute Gasteiger partial charge is 0.319 e. The van der Waals surface area contributed by atoms with Crippen molar-refractivity contribution in [1.29, 1.82) is 0 Å². The van der Waals surface area contributed by atoms with Crippen molar-refractivity contribution in [3.63, 3.8) is 0 Å². The molecular formula is C11H7Cl4F3N2. The van der Waals surface area contributed by atoms with E-state index in [0.29, 0.717) is 6.42 Å². The lowest BCUT2D eigenvalue weighted by Gasteiger charge is -2.11. The number of hydrogen-bond donors (Lipinski definition) is 0. The van der Waals surface area contributed by atoms with Crippen LogP contribution in [0.25, 0.3) is 11.0 Å². The highest BCUT2D eigenvalue weighted by Crippen LogP contribution is 2.44. The quantitative estimate of drug-likeness (QED) is 0.465. The second-order valence-corrected chi connectivity index (χ2v) is 5.55. The van der Waals surface area contributed by atoms with Gasteiger partial charge in [-0.3, -0.25) is 0 Å². The standard InChI is InChI=1S/C11H7Cl4F3N2/c1-2-3-20-9-7(15)5(13)4(12)6(14)8(9)19-10(20)11(16,17)18/h2-3H2,1H3. The molecule has 0 aliphatic heterocycles. The molecule has 0 N–H and O–H groups in total. The molecule has 0 atom stereocenters. The molecule has 2 aromatic rings. The fraction of sp³-hybridized carbons (Fsp3) is 0.364. The van der Waals surface area contributed by atoms with E-state index in [1.165, 1.54) is 0 Å². The first-order chi connectivity index (χ1) is 9.20.